The Hall–Kier alpha value is -2.49. The van der Waals surface area contributed by atoms with Crippen molar-refractivity contribution in [2.75, 3.05) is 26.8 Å². The summed E-state index contributed by atoms with van der Waals surface area (Å²) in [5.74, 6) is 0.309. The average molecular weight is 423 g/mol. The van der Waals surface area contributed by atoms with Gasteiger partial charge in [0.15, 0.2) is 5.96 Å². The van der Waals surface area contributed by atoms with E-state index in [1.54, 1.807) is 30.3 Å². The van der Waals surface area contributed by atoms with Gasteiger partial charge in [-0.3, -0.25) is 0 Å². The molecule has 158 valence electrons. The summed E-state index contributed by atoms with van der Waals surface area (Å²) in [6.07, 6.45) is 0. The summed E-state index contributed by atoms with van der Waals surface area (Å²) in [4.78, 5) is 4.69. The van der Waals surface area contributed by atoms with Crippen LogP contribution in [0.2, 0.25) is 0 Å². The van der Waals surface area contributed by atoms with Crippen molar-refractivity contribution in [3.05, 3.63) is 65.5 Å². The highest BCUT2D eigenvalue weighted by Gasteiger charge is 2.13. The van der Waals surface area contributed by atoms with E-state index in [-0.39, 0.29) is 17.3 Å². The van der Waals surface area contributed by atoms with Gasteiger partial charge in [0, 0.05) is 26.7 Å². The highest BCUT2D eigenvalue weighted by molar-refractivity contribution is 7.89. The fourth-order valence-electron chi connectivity index (χ4n) is 2.47. The van der Waals surface area contributed by atoms with E-state index >= 15 is 0 Å². The number of methoxy groups -OCH3 is 1. The Morgan fingerprint density at radius 1 is 1.10 bits per heavy atom. The lowest BCUT2D eigenvalue weighted by Crippen LogP contribution is -2.36. The molecule has 0 saturated heterocycles. The summed E-state index contributed by atoms with van der Waals surface area (Å²) < 4.78 is 45.0. The molecule has 0 aliphatic heterocycles. The molecule has 3 N–H and O–H groups in total. The van der Waals surface area contributed by atoms with Gasteiger partial charge < -0.3 is 15.4 Å². The maximum Gasteiger partial charge on any atom is 0.240 e. The van der Waals surface area contributed by atoms with Crippen molar-refractivity contribution in [1.29, 1.82) is 0 Å². The minimum Gasteiger partial charge on any atom is -0.383 e. The Labute approximate surface area is 171 Å². The van der Waals surface area contributed by atoms with E-state index in [2.05, 4.69) is 20.3 Å². The van der Waals surface area contributed by atoms with Crippen LogP contribution >= 0.6 is 0 Å². The highest BCUT2D eigenvalue weighted by atomic mass is 32.2. The van der Waals surface area contributed by atoms with Crippen molar-refractivity contribution in [3.8, 4) is 0 Å². The molecule has 0 unspecified atom stereocenters. The molecule has 29 heavy (non-hydrogen) atoms. The largest absolute Gasteiger partial charge is 0.383 e. The number of benzene rings is 2. The van der Waals surface area contributed by atoms with Crippen molar-refractivity contribution in [1.82, 2.24) is 15.4 Å². The number of halogens is 1. The summed E-state index contributed by atoms with van der Waals surface area (Å²) in [6.45, 7) is 3.93. The number of sulfonamides is 1. The molecule has 0 atom stereocenters. The Balaban J connectivity index is 2.03. The van der Waals surface area contributed by atoms with Crippen molar-refractivity contribution in [3.63, 3.8) is 0 Å². The number of rotatable bonds is 10. The predicted molar refractivity (Wildman–Crippen MR) is 112 cm³/mol. The summed E-state index contributed by atoms with van der Waals surface area (Å²) >= 11 is 0. The summed E-state index contributed by atoms with van der Waals surface area (Å²) in [7, 11) is -2.08. The normalized spacial score (nSPS) is 12.0. The highest BCUT2D eigenvalue weighted by Crippen LogP contribution is 2.12. The summed E-state index contributed by atoms with van der Waals surface area (Å²) in [6, 6.07) is 12.9. The number of aliphatic imine (C=N–C) groups is 1. The van der Waals surface area contributed by atoms with Crippen molar-refractivity contribution in [2.45, 2.75) is 24.9 Å². The van der Waals surface area contributed by atoms with Crippen LogP contribution < -0.4 is 15.4 Å². The SMILES string of the molecule is CCNC(=NCc1cccc(S(=O)(=O)NCCOC)c1)NCc1ccc(F)cc1. The van der Waals surface area contributed by atoms with Gasteiger partial charge in [0.25, 0.3) is 0 Å². The third-order valence-corrected chi connectivity index (χ3v) is 5.40. The molecule has 0 heterocycles. The molecular weight excluding hydrogens is 395 g/mol. The van der Waals surface area contributed by atoms with E-state index in [0.717, 1.165) is 11.1 Å². The van der Waals surface area contributed by atoms with E-state index in [1.165, 1.54) is 19.2 Å². The summed E-state index contributed by atoms with van der Waals surface area (Å²) in [5, 5.41) is 6.31. The Kier molecular flexibility index (Phi) is 9.04. The number of guanidine groups is 1. The zero-order valence-electron chi connectivity index (χ0n) is 16.6. The molecule has 0 radical (unpaired) electrons. The van der Waals surface area contributed by atoms with Gasteiger partial charge in [-0.1, -0.05) is 24.3 Å². The van der Waals surface area contributed by atoms with E-state index < -0.39 is 10.0 Å². The maximum atomic E-state index is 13.0. The van der Waals surface area contributed by atoms with Crippen LogP contribution in [0.4, 0.5) is 4.39 Å². The van der Waals surface area contributed by atoms with Gasteiger partial charge in [-0.15, -0.1) is 0 Å². The van der Waals surface area contributed by atoms with Gasteiger partial charge in [-0.05, 0) is 42.3 Å². The molecule has 7 nitrogen and oxygen atoms in total. The lowest BCUT2D eigenvalue weighted by atomic mass is 10.2. The molecule has 0 aliphatic rings. The van der Waals surface area contributed by atoms with Gasteiger partial charge in [-0.25, -0.2) is 22.5 Å². The van der Waals surface area contributed by atoms with Gasteiger partial charge in [-0.2, -0.15) is 0 Å². The molecule has 0 amide bonds. The van der Waals surface area contributed by atoms with Crippen LogP contribution in [-0.4, -0.2) is 41.2 Å². The predicted octanol–water partition coefficient (Wildman–Crippen LogP) is 2.01. The lowest BCUT2D eigenvalue weighted by molar-refractivity contribution is 0.204. The first-order valence-corrected chi connectivity index (χ1v) is 10.8. The van der Waals surface area contributed by atoms with Crippen molar-refractivity contribution in [2.24, 2.45) is 4.99 Å². The minimum absolute atomic E-state index is 0.186. The maximum absolute atomic E-state index is 13.0. The number of nitrogens with one attached hydrogen (secondary N) is 3. The second kappa shape index (κ2) is 11.5. The Morgan fingerprint density at radius 3 is 2.55 bits per heavy atom. The first kappa shape index (κ1) is 22.8. The van der Waals surface area contributed by atoms with Gasteiger partial charge in [0.1, 0.15) is 5.82 Å². The van der Waals surface area contributed by atoms with Gasteiger partial charge in [0.05, 0.1) is 18.0 Å². The van der Waals surface area contributed by atoms with Gasteiger partial charge in [0.2, 0.25) is 10.0 Å². The molecule has 2 aromatic rings. The quantitative estimate of drug-likeness (QED) is 0.310. The Bertz CT molecular complexity index is 902. The van der Waals surface area contributed by atoms with Crippen LogP contribution in [0.5, 0.6) is 0 Å². The second-order valence-corrected chi connectivity index (χ2v) is 7.98. The van der Waals surface area contributed by atoms with Crippen LogP contribution in [-0.2, 0) is 27.8 Å². The Morgan fingerprint density at radius 2 is 1.86 bits per heavy atom. The van der Waals surface area contributed by atoms with Gasteiger partial charge >= 0.3 is 0 Å². The molecule has 0 saturated carbocycles. The number of ether oxygens (including phenoxy) is 1. The number of nitrogens with zero attached hydrogens (tertiary/aromatic N) is 1. The first-order chi connectivity index (χ1) is 13.9. The van der Waals surface area contributed by atoms with Crippen molar-refractivity contribution < 1.29 is 17.5 Å². The van der Waals surface area contributed by atoms with E-state index in [1.807, 2.05) is 13.0 Å². The first-order valence-electron chi connectivity index (χ1n) is 9.28. The van der Waals surface area contributed by atoms with Crippen LogP contribution in [0.3, 0.4) is 0 Å². The van der Waals surface area contributed by atoms with E-state index in [0.29, 0.717) is 32.2 Å². The molecular formula is C20H27FN4O3S. The molecule has 0 aliphatic carbocycles. The second-order valence-electron chi connectivity index (χ2n) is 6.21. The molecule has 2 rings (SSSR count). The van der Waals surface area contributed by atoms with Crippen LogP contribution in [0.15, 0.2) is 58.4 Å². The monoisotopic (exact) mass is 422 g/mol. The fraction of sp³-hybridized carbons (Fsp3) is 0.350. The molecule has 2 aromatic carbocycles. The summed E-state index contributed by atoms with van der Waals surface area (Å²) in [5.41, 5.74) is 1.69. The third kappa shape index (κ3) is 7.80. The standard InChI is InChI=1S/C20H27FN4O3S/c1-3-22-20(23-14-16-7-9-18(21)10-8-16)24-15-17-5-4-6-19(13-17)29(26,27)25-11-12-28-2/h4-10,13,25H,3,11-12,14-15H2,1-2H3,(H2,22,23,24). The fourth-order valence-corrected chi connectivity index (χ4v) is 3.56. The zero-order chi connectivity index (χ0) is 21.1. The van der Waals surface area contributed by atoms with E-state index in [4.69, 9.17) is 4.74 Å². The van der Waals surface area contributed by atoms with Crippen molar-refractivity contribution >= 4 is 16.0 Å². The van der Waals surface area contributed by atoms with Crippen LogP contribution in [0.1, 0.15) is 18.1 Å². The third-order valence-electron chi connectivity index (χ3n) is 3.94. The van der Waals surface area contributed by atoms with E-state index in [9.17, 15) is 12.8 Å². The molecule has 0 fully saturated rings. The van der Waals surface area contributed by atoms with Crippen LogP contribution in [0.25, 0.3) is 0 Å². The number of hydrogen-bond donors (Lipinski definition) is 3. The number of hydrogen-bond acceptors (Lipinski definition) is 4. The topological polar surface area (TPSA) is 91.8 Å². The molecule has 0 bridgehead atoms. The molecule has 9 heteroatoms. The van der Waals surface area contributed by atoms with Crippen LogP contribution in [0, 0.1) is 5.82 Å². The smallest absolute Gasteiger partial charge is 0.240 e. The lowest BCUT2D eigenvalue weighted by Gasteiger charge is -2.12. The minimum atomic E-state index is -3.59. The molecule has 0 aromatic heterocycles. The average Bonchev–Trinajstić information content (AvgIpc) is 2.71. The molecule has 0 spiro atoms. The zero-order valence-corrected chi connectivity index (χ0v) is 17.4.